The van der Waals surface area contributed by atoms with Crippen LogP contribution in [0.1, 0.15) is 18.9 Å². The second-order valence-electron chi connectivity index (χ2n) is 7.28. The Kier molecular flexibility index (Phi) is 6.34. The molecule has 1 saturated heterocycles. The number of urea groups is 1. The Morgan fingerprint density at radius 3 is 2.47 bits per heavy atom. The minimum absolute atomic E-state index is 0.360. The summed E-state index contributed by atoms with van der Waals surface area (Å²) in [6.07, 6.45) is 0.602. The summed E-state index contributed by atoms with van der Waals surface area (Å²) in [5, 5.41) is 2.60. The maximum atomic E-state index is 13.2. The highest BCUT2D eigenvalue weighted by Gasteiger charge is 2.49. The third-order valence-electron chi connectivity index (χ3n) is 5.07. The molecule has 0 radical (unpaired) electrons. The number of benzene rings is 2. The fourth-order valence-corrected chi connectivity index (χ4v) is 3.21. The summed E-state index contributed by atoms with van der Waals surface area (Å²) in [5.41, 5.74) is -0.892. The molecule has 0 aliphatic carbocycles. The summed E-state index contributed by atoms with van der Waals surface area (Å²) in [5.74, 6) is -0.593. The minimum atomic E-state index is -1.34. The molecule has 0 aromatic heterocycles. The maximum absolute atomic E-state index is 13.2. The van der Waals surface area contributed by atoms with Crippen molar-refractivity contribution in [1.82, 2.24) is 15.1 Å². The summed E-state index contributed by atoms with van der Waals surface area (Å²) in [6.45, 7) is 2.03. The van der Waals surface area contributed by atoms with Crippen molar-refractivity contribution in [3.8, 4) is 5.75 Å². The second kappa shape index (κ2) is 8.94. The van der Waals surface area contributed by atoms with Crippen LogP contribution in [0.5, 0.6) is 5.75 Å². The van der Waals surface area contributed by atoms with E-state index in [1.165, 1.54) is 36.1 Å². The van der Waals surface area contributed by atoms with E-state index in [1.54, 1.807) is 7.05 Å². The second-order valence-corrected chi connectivity index (χ2v) is 7.28. The van der Waals surface area contributed by atoms with Gasteiger partial charge in [-0.1, -0.05) is 30.3 Å². The number of para-hydroxylation sites is 1. The molecule has 1 N–H and O–H groups in total. The number of likely N-dealkylation sites (N-methyl/N-ethyl adjacent to an activating group) is 1. The van der Waals surface area contributed by atoms with Gasteiger partial charge < -0.3 is 15.0 Å². The molecule has 1 fully saturated rings. The van der Waals surface area contributed by atoms with Crippen molar-refractivity contribution in [2.24, 2.45) is 0 Å². The van der Waals surface area contributed by atoms with Gasteiger partial charge in [-0.15, -0.1) is 0 Å². The van der Waals surface area contributed by atoms with E-state index in [1.807, 2.05) is 30.3 Å². The van der Waals surface area contributed by atoms with Crippen LogP contribution in [-0.4, -0.2) is 54.4 Å². The van der Waals surface area contributed by atoms with Gasteiger partial charge in [-0.3, -0.25) is 14.5 Å². The Labute approximate surface area is 174 Å². The number of nitrogens with zero attached hydrogens (tertiary/aromatic N) is 2. The molecule has 1 atom stereocenters. The van der Waals surface area contributed by atoms with Gasteiger partial charge in [-0.25, -0.2) is 9.18 Å². The van der Waals surface area contributed by atoms with Crippen molar-refractivity contribution in [2.75, 3.05) is 26.7 Å². The number of nitrogens with one attached hydrogen (secondary N) is 1. The number of ether oxygens (including phenoxy) is 1. The summed E-state index contributed by atoms with van der Waals surface area (Å²) < 4.78 is 18.8. The van der Waals surface area contributed by atoms with Crippen LogP contribution in [-0.2, 0) is 15.1 Å². The topological polar surface area (TPSA) is 79.0 Å². The van der Waals surface area contributed by atoms with Crippen molar-refractivity contribution in [3.63, 3.8) is 0 Å². The molecule has 8 heteroatoms. The Hall–Kier alpha value is -3.42. The number of halogens is 1. The fraction of sp³-hybridized carbons (Fsp3) is 0.318. The van der Waals surface area contributed by atoms with Gasteiger partial charge in [0.2, 0.25) is 5.91 Å². The first kappa shape index (κ1) is 21.3. The Bertz CT molecular complexity index is 920. The standard InChI is InChI=1S/C22H24FN3O4/c1-22(16-9-11-17(23)12-10-16)20(28)26(21(29)24-22)15-19(27)25(2)13-6-14-30-18-7-4-3-5-8-18/h3-5,7-12H,6,13-15H2,1-2H3,(H,24,29). The summed E-state index contributed by atoms with van der Waals surface area (Å²) in [4.78, 5) is 40.1. The fourth-order valence-electron chi connectivity index (χ4n) is 3.21. The van der Waals surface area contributed by atoms with Crippen LogP contribution < -0.4 is 10.1 Å². The van der Waals surface area contributed by atoms with Crippen LogP contribution in [0, 0.1) is 5.82 Å². The maximum Gasteiger partial charge on any atom is 0.325 e. The van der Waals surface area contributed by atoms with Crippen molar-refractivity contribution in [1.29, 1.82) is 0 Å². The smallest absolute Gasteiger partial charge is 0.325 e. The molecular weight excluding hydrogens is 389 g/mol. The van der Waals surface area contributed by atoms with Gasteiger partial charge >= 0.3 is 6.03 Å². The van der Waals surface area contributed by atoms with Gasteiger partial charge in [0.05, 0.1) is 6.61 Å². The van der Waals surface area contributed by atoms with Gasteiger partial charge in [0.15, 0.2) is 0 Å². The van der Waals surface area contributed by atoms with Crippen LogP contribution in [0.2, 0.25) is 0 Å². The first-order valence-electron chi connectivity index (χ1n) is 9.63. The van der Waals surface area contributed by atoms with Crippen LogP contribution in [0.25, 0.3) is 0 Å². The van der Waals surface area contributed by atoms with Gasteiger partial charge in [-0.05, 0) is 43.2 Å². The number of carbonyl (C=O) groups excluding carboxylic acids is 3. The van der Waals surface area contributed by atoms with E-state index in [4.69, 9.17) is 4.74 Å². The van der Waals surface area contributed by atoms with Gasteiger partial charge in [-0.2, -0.15) is 0 Å². The van der Waals surface area contributed by atoms with Crippen molar-refractivity contribution >= 4 is 17.8 Å². The lowest BCUT2D eigenvalue weighted by Gasteiger charge is -2.23. The van der Waals surface area contributed by atoms with E-state index in [2.05, 4.69) is 5.32 Å². The molecule has 3 rings (SSSR count). The number of carbonyl (C=O) groups is 3. The van der Waals surface area contributed by atoms with E-state index in [0.717, 1.165) is 10.6 Å². The molecule has 0 spiro atoms. The van der Waals surface area contributed by atoms with Gasteiger partial charge in [0.1, 0.15) is 23.7 Å². The average Bonchev–Trinajstić information content (AvgIpc) is 2.96. The monoisotopic (exact) mass is 413 g/mol. The van der Waals surface area contributed by atoms with Crippen molar-refractivity contribution in [3.05, 3.63) is 66.0 Å². The molecule has 1 unspecified atom stereocenters. The lowest BCUT2D eigenvalue weighted by atomic mass is 9.92. The van der Waals surface area contributed by atoms with E-state index < -0.39 is 23.3 Å². The highest BCUT2D eigenvalue weighted by atomic mass is 19.1. The molecule has 1 heterocycles. The highest BCUT2D eigenvalue weighted by molar-refractivity contribution is 6.09. The van der Waals surface area contributed by atoms with E-state index in [0.29, 0.717) is 25.1 Å². The summed E-state index contributed by atoms with van der Waals surface area (Å²) >= 11 is 0. The number of hydrogen-bond acceptors (Lipinski definition) is 4. The lowest BCUT2D eigenvalue weighted by molar-refractivity contribution is -0.138. The number of amides is 4. The Balaban J connectivity index is 1.53. The van der Waals surface area contributed by atoms with Gasteiger partial charge in [0, 0.05) is 13.6 Å². The number of imide groups is 1. The molecule has 2 aromatic carbocycles. The molecule has 0 bridgehead atoms. The summed E-state index contributed by atoms with van der Waals surface area (Å²) in [6, 6.07) is 14.0. The predicted molar refractivity (Wildman–Crippen MR) is 108 cm³/mol. The Morgan fingerprint density at radius 2 is 1.80 bits per heavy atom. The zero-order chi connectivity index (χ0) is 21.7. The van der Waals surface area contributed by atoms with E-state index in [-0.39, 0.29) is 12.5 Å². The number of rotatable bonds is 8. The largest absolute Gasteiger partial charge is 0.494 e. The van der Waals surface area contributed by atoms with Crippen LogP contribution >= 0.6 is 0 Å². The van der Waals surface area contributed by atoms with Crippen LogP contribution in [0.15, 0.2) is 54.6 Å². The predicted octanol–water partition coefficient (Wildman–Crippen LogP) is 2.52. The molecular formula is C22H24FN3O4. The average molecular weight is 413 g/mol. The molecule has 158 valence electrons. The zero-order valence-corrected chi connectivity index (χ0v) is 16.9. The third kappa shape index (κ3) is 4.59. The Morgan fingerprint density at radius 1 is 1.13 bits per heavy atom. The number of hydrogen-bond donors (Lipinski definition) is 1. The zero-order valence-electron chi connectivity index (χ0n) is 16.9. The quantitative estimate of drug-likeness (QED) is 0.533. The summed E-state index contributed by atoms with van der Waals surface area (Å²) in [7, 11) is 1.61. The molecule has 4 amide bonds. The lowest BCUT2D eigenvalue weighted by Crippen LogP contribution is -2.44. The highest BCUT2D eigenvalue weighted by Crippen LogP contribution is 2.28. The normalized spacial score (nSPS) is 18.3. The first-order valence-corrected chi connectivity index (χ1v) is 9.63. The molecule has 2 aromatic rings. The minimum Gasteiger partial charge on any atom is -0.494 e. The molecule has 1 aliphatic rings. The van der Waals surface area contributed by atoms with Gasteiger partial charge in [0.25, 0.3) is 5.91 Å². The molecule has 7 nitrogen and oxygen atoms in total. The van der Waals surface area contributed by atoms with Crippen LogP contribution in [0.4, 0.5) is 9.18 Å². The molecule has 1 aliphatic heterocycles. The SMILES string of the molecule is CN(CCCOc1ccccc1)C(=O)CN1C(=O)NC(C)(c2ccc(F)cc2)C1=O. The van der Waals surface area contributed by atoms with E-state index in [9.17, 15) is 18.8 Å². The van der Waals surface area contributed by atoms with Crippen molar-refractivity contribution in [2.45, 2.75) is 18.9 Å². The first-order chi connectivity index (χ1) is 14.3. The molecule has 30 heavy (non-hydrogen) atoms. The van der Waals surface area contributed by atoms with Crippen molar-refractivity contribution < 1.29 is 23.5 Å². The van der Waals surface area contributed by atoms with E-state index >= 15 is 0 Å². The van der Waals surface area contributed by atoms with Crippen LogP contribution in [0.3, 0.4) is 0 Å². The molecule has 0 saturated carbocycles. The third-order valence-corrected chi connectivity index (χ3v) is 5.07.